The zero-order valence-electron chi connectivity index (χ0n) is 16.5. The van der Waals surface area contributed by atoms with Crippen molar-refractivity contribution in [2.75, 3.05) is 23.0 Å². The van der Waals surface area contributed by atoms with E-state index in [9.17, 15) is 18.0 Å². The summed E-state index contributed by atoms with van der Waals surface area (Å²) in [5.74, 6) is -1.60. The highest BCUT2D eigenvalue weighted by atomic mass is 32.2. The van der Waals surface area contributed by atoms with Crippen LogP contribution >= 0.6 is 11.3 Å². The molecule has 0 bridgehead atoms. The predicted octanol–water partition coefficient (Wildman–Crippen LogP) is 2.27. The molecule has 9 nitrogen and oxygen atoms in total. The Balaban J connectivity index is 2.00. The largest absolute Gasteiger partial charge is 0.494 e. The monoisotopic (exact) mass is 440 g/mol. The van der Waals surface area contributed by atoms with Gasteiger partial charge in [-0.15, -0.1) is 10.2 Å². The SMILES string of the molecule is CCOc1ccc(NC(=O)CS(=O)(=O)C(CC)C(=O)Nc2nnc(CC)s2)cc1. The van der Waals surface area contributed by atoms with Crippen molar-refractivity contribution in [1.29, 1.82) is 0 Å². The first-order valence-corrected chi connectivity index (χ1v) is 11.7. The lowest BCUT2D eigenvalue weighted by atomic mass is 10.3. The summed E-state index contributed by atoms with van der Waals surface area (Å²) in [5, 5.41) is 12.3. The number of hydrogen-bond acceptors (Lipinski definition) is 8. The predicted molar refractivity (Wildman–Crippen MR) is 112 cm³/mol. The van der Waals surface area contributed by atoms with E-state index in [0.717, 1.165) is 5.01 Å². The number of carbonyl (C=O) groups is 2. The minimum Gasteiger partial charge on any atom is -0.494 e. The molecule has 1 aromatic carbocycles. The van der Waals surface area contributed by atoms with Gasteiger partial charge in [0.15, 0.2) is 9.84 Å². The summed E-state index contributed by atoms with van der Waals surface area (Å²) >= 11 is 1.18. The van der Waals surface area contributed by atoms with Gasteiger partial charge in [-0.25, -0.2) is 8.42 Å². The summed E-state index contributed by atoms with van der Waals surface area (Å²) in [4.78, 5) is 24.6. The molecule has 0 spiro atoms. The molecular formula is C18H24N4O5S2. The third kappa shape index (κ3) is 6.50. The number of amides is 2. The quantitative estimate of drug-likeness (QED) is 0.580. The van der Waals surface area contributed by atoms with Crippen LogP contribution in [-0.2, 0) is 25.8 Å². The number of hydrogen-bond donors (Lipinski definition) is 2. The van der Waals surface area contributed by atoms with Gasteiger partial charge in [-0.3, -0.25) is 14.9 Å². The van der Waals surface area contributed by atoms with Gasteiger partial charge < -0.3 is 10.1 Å². The summed E-state index contributed by atoms with van der Waals surface area (Å²) < 4.78 is 30.6. The maximum absolute atomic E-state index is 12.6. The third-order valence-corrected chi connectivity index (χ3v) is 6.94. The summed E-state index contributed by atoms with van der Waals surface area (Å²) in [7, 11) is -4.02. The van der Waals surface area contributed by atoms with Crippen molar-refractivity contribution >= 4 is 43.8 Å². The molecule has 0 fully saturated rings. The normalized spacial score (nSPS) is 12.2. The maximum atomic E-state index is 12.6. The van der Waals surface area contributed by atoms with E-state index in [1.807, 2.05) is 13.8 Å². The van der Waals surface area contributed by atoms with E-state index >= 15 is 0 Å². The fourth-order valence-corrected chi connectivity index (χ4v) is 4.73. The summed E-state index contributed by atoms with van der Waals surface area (Å²) in [6, 6.07) is 6.56. The molecule has 158 valence electrons. The van der Waals surface area contributed by atoms with Crippen LogP contribution in [0.15, 0.2) is 24.3 Å². The van der Waals surface area contributed by atoms with E-state index in [-0.39, 0.29) is 11.6 Å². The van der Waals surface area contributed by atoms with Gasteiger partial charge in [0, 0.05) is 5.69 Å². The molecule has 1 atom stereocenters. The van der Waals surface area contributed by atoms with Crippen molar-refractivity contribution in [3.8, 4) is 5.75 Å². The van der Waals surface area contributed by atoms with Crippen molar-refractivity contribution in [1.82, 2.24) is 10.2 Å². The first kappa shape index (κ1) is 22.8. The minimum atomic E-state index is -4.02. The van der Waals surface area contributed by atoms with Gasteiger partial charge in [-0.2, -0.15) is 0 Å². The summed E-state index contributed by atoms with van der Waals surface area (Å²) in [6.07, 6.45) is 0.693. The Kier molecular flexibility index (Phi) is 8.09. The van der Waals surface area contributed by atoms with Gasteiger partial charge in [-0.1, -0.05) is 25.2 Å². The number of ether oxygens (including phenoxy) is 1. The number of sulfone groups is 1. The molecule has 0 aliphatic carbocycles. The molecule has 2 amide bonds. The molecule has 1 heterocycles. The standard InChI is InChI=1S/C18H24N4O5S2/c1-4-14(17(24)20-18-22-21-16(5-2)28-18)29(25,26)11-15(23)19-12-7-9-13(10-8-12)27-6-3/h7-10,14H,4-6,11H2,1-3H3,(H,19,23)(H,20,22,24). The number of carbonyl (C=O) groups excluding carboxylic acids is 2. The average molecular weight is 441 g/mol. The number of nitrogens with one attached hydrogen (secondary N) is 2. The van der Waals surface area contributed by atoms with Crippen LogP contribution in [0, 0.1) is 0 Å². The van der Waals surface area contributed by atoms with E-state index in [4.69, 9.17) is 4.74 Å². The van der Waals surface area contributed by atoms with Gasteiger partial charge in [0.25, 0.3) is 0 Å². The lowest BCUT2D eigenvalue weighted by Crippen LogP contribution is -2.39. The van der Waals surface area contributed by atoms with Gasteiger partial charge in [0.05, 0.1) is 6.61 Å². The Hall–Kier alpha value is -2.53. The molecule has 0 aliphatic heterocycles. The number of nitrogens with zero attached hydrogens (tertiary/aromatic N) is 2. The highest BCUT2D eigenvalue weighted by molar-refractivity contribution is 7.93. The zero-order valence-corrected chi connectivity index (χ0v) is 18.1. The Morgan fingerprint density at radius 2 is 1.79 bits per heavy atom. The molecule has 11 heteroatoms. The number of aryl methyl sites for hydroxylation is 1. The average Bonchev–Trinajstić information content (AvgIpc) is 3.10. The van der Waals surface area contributed by atoms with Gasteiger partial charge in [0.2, 0.25) is 16.9 Å². The molecule has 2 aromatic rings. The van der Waals surface area contributed by atoms with Crippen LogP contribution < -0.4 is 15.4 Å². The number of benzene rings is 1. The van der Waals surface area contributed by atoms with Gasteiger partial charge in [-0.05, 0) is 44.0 Å². The number of anilines is 2. The van der Waals surface area contributed by atoms with Crippen molar-refractivity contribution in [3.05, 3.63) is 29.3 Å². The Labute approximate surface area is 173 Å². The first-order valence-electron chi connectivity index (χ1n) is 9.16. The minimum absolute atomic E-state index is 0.0317. The van der Waals surface area contributed by atoms with Crippen LogP contribution in [0.4, 0.5) is 10.8 Å². The van der Waals surface area contributed by atoms with Crippen molar-refractivity contribution in [2.24, 2.45) is 0 Å². The lowest BCUT2D eigenvalue weighted by Gasteiger charge is -2.15. The van der Waals surface area contributed by atoms with Crippen molar-refractivity contribution in [3.63, 3.8) is 0 Å². The molecule has 0 saturated heterocycles. The lowest BCUT2D eigenvalue weighted by molar-refractivity contribution is -0.115. The maximum Gasteiger partial charge on any atom is 0.244 e. The van der Waals surface area contributed by atoms with Crippen LogP contribution in [0.5, 0.6) is 5.75 Å². The Bertz CT molecular complexity index is 941. The summed E-state index contributed by atoms with van der Waals surface area (Å²) in [5.41, 5.74) is 0.437. The fourth-order valence-electron chi connectivity index (χ4n) is 2.52. The smallest absolute Gasteiger partial charge is 0.244 e. The van der Waals surface area contributed by atoms with E-state index < -0.39 is 32.7 Å². The second-order valence-electron chi connectivity index (χ2n) is 6.05. The second-order valence-corrected chi connectivity index (χ2v) is 9.30. The molecule has 2 N–H and O–H groups in total. The van der Waals surface area contributed by atoms with Crippen LogP contribution in [0.1, 0.15) is 32.2 Å². The Morgan fingerprint density at radius 1 is 1.10 bits per heavy atom. The van der Waals surface area contributed by atoms with Crippen LogP contribution in [-0.4, -0.2) is 48.0 Å². The molecule has 0 aliphatic rings. The second kappa shape index (κ2) is 10.3. The molecular weight excluding hydrogens is 416 g/mol. The zero-order chi connectivity index (χ0) is 21.4. The highest BCUT2D eigenvalue weighted by Gasteiger charge is 2.33. The van der Waals surface area contributed by atoms with E-state index in [1.165, 1.54) is 11.3 Å². The highest BCUT2D eigenvalue weighted by Crippen LogP contribution is 2.19. The van der Waals surface area contributed by atoms with Crippen molar-refractivity contribution < 1.29 is 22.7 Å². The molecule has 0 radical (unpaired) electrons. The molecule has 1 unspecified atom stereocenters. The van der Waals surface area contributed by atoms with Crippen molar-refractivity contribution in [2.45, 2.75) is 38.9 Å². The van der Waals surface area contributed by atoms with E-state index in [2.05, 4.69) is 20.8 Å². The molecule has 1 aromatic heterocycles. The Morgan fingerprint density at radius 3 is 2.34 bits per heavy atom. The molecule has 29 heavy (non-hydrogen) atoms. The fraction of sp³-hybridized carbons (Fsp3) is 0.444. The van der Waals surface area contributed by atoms with Gasteiger partial charge >= 0.3 is 0 Å². The number of aromatic nitrogens is 2. The summed E-state index contributed by atoms with van der Waals surface area (Å²) in [6.45, 7) is 5.84. The van der Waals surface area contributed by atoms with Crippen LogP contribution in [0.2, 0.25) is 0 Å². The van der Waals surface area contributed by atoms with Crippen LogP contribution in [0.3, 0.4) is 0 Å². The van der Waals surface area contributed by atoms with E-state index in [0.29, 0.717) is 24.5 Å². The third-order valence-electron chi connectivity index (χ3n) is 3.88. The first-order chi connectivity index (χ1) is 13.8. The van der Waals surface area contributed by atoms with Gasteiger partial charge in [0.1, 0.15) is 21.8 Å². The van der Waals surface area contributed by atoms with Crippen LogP contribution in [0.25, 0.3) is 0 Å². The molecule has 0 saturated carbocycles. The molecule has 2 rings (SSSR count). The topological polar surface area (TPSA) is 127 Å². The van der Waals surface area contributed by atoms with E-state index in [1.54, 1.807) is 31.2 Å². The number of rotatable bonds is 10.